The van der Waals surface area contributed by atoms with E-state index in [4.69, 9.17) is 4.74 Å². The van der Waals surface area contributed by atoms with Gasteiger partial charge in [-0.15, -0.1) is 0 Å². The van der Waals surface area contributed by atoms with Gasteiger partial charge >= 0.3 is 12.1 Å². The van der Waals surface area contributed by atoms with Crippen LogP contribution in [0.15, 0.2) is 48.7 Å². The van der Waals surface area contributed by atoms with Gasteiger partial charge in [0.15, 0.2) is 0 Å². The molecule has 1 heterocycles. The number of pyridine rings is 1. The first kappa shape index (κ1) is 20.6. The first-order chi connectivity index (χ1) is 13.8. The summed E-state index contributed by atoms with van der Waals surface area (Å²) in [6.45, 7) is 6.23. The van der Waals surface area contributed by atoms with Gasteiger partial charge in [0.2, 0.25) is 0 Å². The number of alkyl halides is 3. The number of halogens is 3. The molecule has 29 heavy (non-hydrogen) atoms. The lowest BCUT2D eigenvalue weighted by atomic mass is 10.0. The van der Waals surface area contributed by atoms with Crippen LogP contribution in [0.25, 0.3) is 10.9 Å². The van der Waals surface area contributed by atoms with Crippen molar-refractivity contribution < 1.29 is 22.7 Å². The Labute approximate surface area is 166 Å². The minimum absolute atomic E-state index is 0.161. The number of aromatic nitrogens is 1. The highest BCUT2D eigenvalue weighted by Gasteiger charge is 2.31. The molecule has 0 unspecified atom stereocenters. The molecule has 0 saturated carbocycles. The van der Waals surface area contributed by atoms with Gasteiger partial charge in [0.1, 0.15) is 5.56 Å². The highest BCUT2D eigenvalue weighted by Crippen LogP contribution is 2.38. The minimum Gasteiger partial charge on any atom is -0.462 e. The second kappa shape index (κ2) is 8.11. The number of hydrogen-bond acceptors (Lipinski definition) is 4. The first-order valence-corrected chi connectivity index (χ1v) is 9.27. The Morgan fingerprint density at radius 2 is 1.90 bits per heavy atom. The molecule has 0 atom stereocenters. The number of anilines is 2. The van der Waals surface area contributed by atoms with Gasteiger partial charge < -0.3 is 9.64 Å². The molecule has 0 bridgehead atoms. The molecule has 152 valence electrons. The topological polar surface area (TPSA) is 42.4 Å². The maximum Gasteiger partial charge on any atom is 0.416 e. The summed E-state index contributed by atoms with van der Waals surface area (Å²) < 4.78 is 44.6. The van der Waals surface area contributed by atoms with Gasteiger partial charge in [-0.1, -0.05) is 18.2 Å². The van der Waals surface area contributed by atoms with E-state index in [1.807, 2.05) is 43.0 Å². The predicted octanol–water partition coefficient (Wildman–Crippen LogP) is 5.90. The smallest absolute Gasteiger partial charge is 0.416 e. The molecule has 4 nitrogen and oxygen atoms in total. The normalized spacial score (nSPS) is 11.5. The molecular weight excluding hydrogens is 381 g/mol. The van der Waals surface area contributed by atoms with Crippen LogP contribution in [0.3, 0.4) is 0 Å². The molecule has 2 aromatic carbocycles. The third-order valence-electron chi connectivity index (χ3n) is 4.56. The van der Waals surface area contributed by atoms with E-state index >= 15 is 0 Å². The molecule has 0 amide bonds. The molecule has 0 aliphatic carbocycles. The minimum atomic E-state index is -4.48. The largest absolute Gasteiger partial charge is 0.462 e. The number of rotatable bonds is 5. The maximum absolute atomic E-state index is 13.1. The van der Waals surface area contributed by atoms with E-state index in [9.17, 15) is 18.0 Å². The molecule has 0 spiro atoms. The van der Waals surface area contributed by atoms with Crippen molar-refractivity contribution in [1.29, 1.82) is 0 Å². The lowest BCUT2D eigenvalue weighted by Crippen LogP contribution is -2.21. The second-order valence-corrected chi connectivity index (χ2v) is 6.55. The third kappa shape index (κ3) is 4.18. The number of esters is 1. The second-order valence-electron chi connectivity index (χ2n) is 6.55. The van der Waals surface area contributed by atoms with Crippen molar-refractivity contribution in [3.63, 3.8) is 0 Å². The SMILES string of the molecule is CCOC(=O)c1cnc2cc(C(F)(F)F)ccc2c1N(CC)c1cccc(C)c1. The quantitative estimate of drug-likeness (QED) is 0.499. The van der Waals surface area contributed by atoms with Crippen LogP contribution in [0.1, 0.15) is 35.3 Å². The number of fused-ring (bicyclic) bond motifs is 1. The Morgan fingerprint density at radius 1 is 1.14 bits per heavy atom. The number of hydrogen-bond donors (Lipinski definition) is 0. The van der Waals surface area contributed by atoms with Gasteiger partial charge in [0, 0.05) is 23.8 Å². The Hall–Kier alpha value is -3.09. The summed E-state index contributed by atoms with van der Waals surface area (Å²) in [5.41, 5.74) is 1.92. The van der Waals surface area contributed by atoms with E-state index in [1.165, 1.54) is 12.3 Å². The van der Waals surface area contributed by atoms with Gasteiger partial charge in [-0.2, -0.15) is 13.2 Å². The molecule has 0 radical (unpaired) electrons. The Balaban J connectivity index is 2.29. The van der Waals surface area contributed by atoms with E-state index in [1.54, 1.807) is 6.92 Å². The number of carbonyl (C=O) groups is 1. The van der Waals surface area contributed by atoms with Crippen LogP contribution in [0.4, 0.5) is 24.5 Å². The van der Waals surface area contributed by atoms with Crippen molar-refractivity contribution in [3.05, 3.63) is 65.4 Å². The fraction of sp³-hybridized carbons (Fsp3) is 0.273. The zero-order valence-corrected chi connectivity index (χ0v) is 16.4. The standard InChI is InChI=1S/C22H21F3N2O2/c1-4-27(16-8-6-7-14(3)11-16)20-17-10-9-15(22(23,24)25)12-19(17)26-13-18(20)21(28)29-5-2/h6-13H,4-5H2,1-3H3. The zero-order valence-electron chi connectivity index (χ0n) is 16.4. The predicted molar refractivity (Wildman–Crippen MR) is 107 cm³/mol. The van der Waals surface area contributed by atoms with Gasteiger partial charge in [0.25, 0.3) is 0 Å². The summed E-state index contributed by atoms with van der Waals surface area (Å²) in [6, 6.07) is 11.1. The fourth-order valence-corrected chi connectivity index (χ4v) is 3.27. The molecule has 1 aromatic heterocycles. The third-order valence-corrected chi connectivity index (χ3v) is 4.56. The highest BCUT2D eigenvalue weighted by atomic mass is 19.4. The first-order valence-electron chi connectivity index (χ1n) is 9.27. The number of ether oxygens (including phenoxy) is 1. The van der Waals surface area contributed by atoms with E-state index < -0.39 is 17.7 Å². The van der Waals surface area contributed by atoms with Crippen LogP contribution in [-0.2, 0) is 10.9 Å². The molecule has 0 N–H and O–H groups in total. The summed E-state index contributed by atoms with van der Waals surface area (Å²) in [6.07, 6.45) is -3.19. The Bertz CT molecular complexity index is 1050. The van der Waals surface area contributed by atoms with Crippen LogP contribution in [0.5, 0.6) is 0 Å². The van der Waals surface area contributed by atoms with Crippen molar-refractivity contribution in [2.45, 2.75) is 26.9 Å². The van der Waals surface area contributed by atoms with Crippen LogP contribution >= 0.6 is 0 Å². The fourth-order valence-electron chi connectivity index (χ4n) is 3.27. The molecular formula is C22H21F3N2O2. The molecule has 3 aromatic rings. The molecule has 7 heteroatoms. The summed E-state index contributed by atoms with van der Waals surface area (Å²) in [7, 11) is 0. The maximum atomic E-state index is 13.1. The average molecular weight is 402 g/mol. The average Bonchev–Trinajstić information content (AvgIpc) is 2.67. The van der Waals surface area contributed by atoms with E-state index in [0.29, 0.717) is 17.6 Å². The number of nitrogens with zero attached hydrogens (tertiary/aromatic N) is 2. The summed E-state index contributed by atoms with van der Waals surface area (Å²) >= 11 is 0. The summed E-state index contributed by atoms with van der Waals surface area (Å²) in [5.74, 6) is -0.567. The van der Waals surface area contributed by atoms with Crippen molar-refractivity contribution in [2.24, 2.45) is 0 Å². The van der Waals surface area contributed by atoms with Crippen molar-refractivity contribution in [2.75, 3.05) is 18.1 Å². The van der Waals surface area contributed by atoms with Crippen LogP contribution in [-0.4, -0.2) is 24.1 Å². The van der Waals surface area contributed by atoms with Crippen LogP contribution < -0.4 is 4.90 Å². The molecule has 0 saturated heterocycles. The van der Waals surface area contributed by atoms with Gasteiger partial charge in [-0.3, -0.25) is 4.98 Å². The monoisotopic (exact) mass is 402 g/mol. The van der Waals surface area contributed by atoms with E-state index in [2.05, 4.69) is 4.98 Å². The van der Waals surface area contributed by atoms with Gasteiger partial charge in [-0.05, 0) is 50.6 Å². The Morgan fingerprint density at radius 3 is 2.52 bits per heavy atom. The number of benzene rings is 2. The lowest BCUT2D eigenvalue weighted by molar-refractivity contribution is -0.137. The molecule has 3 rings (SSSR count). The van der Waals surface area contributed by atoms with E-state index in [0.717, 1.165) is 23.4 Å². The van der Waals surface area contributed by atoms with E-state index in [-0.39, 0.29) is 17.7 Å². The van der Waals surface area contributed by atoms with Crippen molar-refractivity contribution in [3.8, 4) is 0 Å². The molecule has 0 fully saturated rings. The van der Waals surface area contributed by atoms with Crippen molar-refractivity contribution in [1.82, 2.24) is 4.98 Å². The summed E-state index contributed by atoms with van der Waals surface area (Å²) in [4.78, 5) is 18.6. The van der Waals surface area contributed by atoms with Gasteiger partial charge in [-0.25, -0.2) is 4.79 Å². The van der Waals surface area contributed by atoms with Crippen LogP contribution in [0.2, 0.25) is 0 Å². The number of aryl methyl sites for hydroxylation is 1. The lowest BCUT2D eigenvalue weighted by Gasteiger charge is -2.27. The van der Waals surface area contributed by atoms with Gasteiger partial charge in [0.05, 0.1) is 23.4 Å². The van der Waals surface area contributed by atoms with Crippen LogP contribution in [0, 0.1) is 6.92 Å². The zero-order chi connectivity index (χ0) is 21.2. The Kier molecular flexibility index (Phi) is 5.77. The molecule has 0 aliphatic rings. The number of carbonyl (C=O) groups excluding carboxylic acids is 1. The molecule has 0 aliphatic heterocycles. The highest BCUT2D eigenvalue weighted by molar-refractivity contribution is 6.06. The van der Waals surface area contributed by atoms with Crippen molar-refractivity contribution >= 4 is 28.2 Å². The summed E-state index contributed by atoms with van der Waals surface area (Å²) in [5, 5.41) is 0.451.